The molecule has 49 heavy (non-hydrogen) atoms. The lowest BCUT2D eigenvalue weighted by molar-refractivity contribution is -0.0691. The molecule has 3 aliphatic rings. The molecule has 13 nitrogen and oxygen atoms in total. The van der Waals surface area contributed by atoms with Crippen LogP contribution in [0.15, 0.2) is 64.8 Å². The quantitative estimate of drug-likeness (QED) is 0.268. The first-order valence-corrected chi connectivity index (χ1v) is 16.8. The average molecular weight is 664 g/mol. The summed E-state index contributed by atoms with van der Waals surface area (Å²) in [6.45, 7) is 10.8. The van der Waals surface area contributed by atoms with Crippen molar-refractivity contribution in [3.63, 3.8) is 0 Å². The fourth-order valence-corrected chi connectivity index (χ4v) is 7.64. The van der Waals surface area contributed by atoms with Gasteiger partial charge in [0.1, 0.15) is 29.2 Å². The topological polar surface area (TPSA) is 135 Å². The van der Waals surface area contributed by atoms with Gasteiger partial charge in [-0.3, -0.25) is 14.5 Å². The summed E-state index contributed by atoms with van der Waals surface area (Å²) in [6, 6.07) is 10.2. The van der Waals surface area contributed by atoms with E-state index in [9.17, 15) is 14.7 Å². The van der Waals surface area contributed by atoms with Crippen LogP contribution in [0.5, 0.6) is 0 Å². The molecule has 5 aromatic rings. The molecule has 1 atom stereocenters. The van der Waals surface area contributed by atoms with E-state index >= 15 is 0 Å². The van der Waals surface area contributed by atoms with Gasteiger partial charge in [0.15, 0.2) is 0 Å². The Balaban J connectivity index is 1.07. The third-order valence-corrected chi connectivity index (χ3v) is 10.3. The van der Waals surface area contributed by atoms with Gasteiger partial charge in [-0.25, -0.2) is 19.1 Å². The second kappa shape index (κ2) is 11.9. The van der Waals surface area contributed by atoms with Crippen LogP contribution in [-0.2, 0) is 31.2 Å². The Labute approximate surface area is 283 Å². The molecule has 2 saturated heterocycles. The third-order valence-electron chi connectivity index (χ3n) is 10.3. The highest BCUT2D eigenvalue weighted by molar-refractivity contribution is 5.73. The minimum Gasteiger partial charge on any atom is -0.392 e. The lowest BCUT2D eigenvalue weighted by Gasteiger charge is -2.46. The number of fused-ring (bicyclic) bond motifs is 3. The van der Waals surface area contributed by atoms with Gasteiger partial charge in [0.05, 0.1) is 37.7 Å². The van der Waals surface area contributed by atoms with Crippen molar-refractivity contribution in [1.82, 2.24) is 33.6 Å². The zero-order valence-corrected chi connectivity index (χ0v) is 28.3. The zero-order chi connectivity index (χ0) is 34.0. The molecule has 2 fully saturated rings. The molecule has 7 heterocycles. The predicted molar refractivity (Wildman–Crippen MR) is 187 cm³/mol. The third kappa shape index (κ3) is 5.51. The summed E-state index contributed by atoms with van der Waals surface area (Å²) in [7, 11) is 1.68. The van der Waals surface area contributed by atoms with E-state index in [0.717, 1.165) is 62.6 Å². The molecule has 0 bridgehead atoms. The number of nitrogens with one attached hydrogen (secondary N) is 1. The van der Waals surface area contributed by atoms with Gasteiger partial charge < -0.3 is 24.6 Å². The first-order chi connectivity index (χ1) is 23.6. The van der Waals surface area contributed by atoms with Crippen LogP contribution >= 0.6 is 0 Å². The maximum Gasteiger partial charge on any atom is 0.283 e. The molecule has 0 radical (unpaired) electrons. The van der Waals surface area contributed by atoms with Gasteiger partial charge in [-0.15, -0.1) is 0 Å². The van der Waals surface area contributed by atoms with Gasteiger partial charge in [0.25, 0.3) is 11.1 Å². The van der Waals surface area contributed by atoms with E-state index in [2.05, 4.69) is 51.0 Å². The summed E-state index contributed by atoms with van der Waals surface area (Å²) in [5.41, 5.74) is 5.45. The van der Waals surface area contributed by atoms with Gasteiger partial charge in [0, 0.05) is 61.9 Å². The van der Waals surface area contributed by atoms with Crippen molar-refractivity contribution in [2.45, 2.75) is 52.3 Å². The molecule has 2 N–H and O–H groups in total. The molecular weight excluding hydrogens is 622 g/mol. The van der Waals surface area contributed by atoms with E-state index < -0.39 is 0 Å². The van der Waals surface area contributed by atoms with Crippen LogP contribution in [-0.4, -0.2) is 83.7 Å². The van der Waals surface area contributed by atoms with E-state index in [4.69, 9.17) is 4.74 Å². The lowest BCUT2D eigenvalue weighted by Crippen LogP contribution is -2.59. The smallest absolute Gasteiger partial charge is 0.283 e. The Morgan fingerprint density at radius 1 is 1.06 bits per heavy atom. The predicted octanol–water partition coefficient (Wildman–Crippen LogP) is 2.91. The second-order valence-corrected chi connectivity index (χ2v) is 14.4. The number of rotatable bonds is 7. The molecule has 254 valence electrons. The monoisotopic (exact) mass is 663 g/mol. The van der Waals surface area contributed by atoms with Crippen LogP contribution in [0.2, 0.25) is 0 Å². The van der Waals surface area contributed by atoms with Crippen LogP contribution in [0, 0.1) is 5.41 Å². The van der Waals surface area contributed by atoms with Gasteiger partial charge in [0.2, 0.25) is 0 Å². The first kappa shape index (κ1) is 31.4. The van der Waals surface area contributed by atoms with Crippen molar-refractivity contribution in [2.24, 2.45) is 12.5 Å². The van der Waals surface area contributed by atoms with Gasteiger partial charge >= 0.3 is 0 Å². The summed E-state index contributed by atoms with van der Waals surface area (Å²) >= 11 is 0. The van der Waals surface area contributed by atoms with Crippen molar-refractivity contribution in [1.29, 1.82) is 0 Å². The Hall–Kier alpha value is -4.85. The maximum absolute atomic E-state index is 13.8. The number of aromatic nitrogens is 6. The SMILES string of the molecule is C[C@H]1CN(C2COC2)CCN1c1ccc(Nc2cc(-c3ccnc(-n4cnn5c6c(cc5c4=O)CC(C)(C)C6)c3CO)cn(C)c2=O)nc1. The van der Waals surface area contributed by atoms with Gasteiger partial charge in [-0.1, -0.05) is 13.8 Å². The van der Waals surface area contributed by atoms with E-state index in [1.54, 1.807) is 36.1 Å². The number of aryl methyl sites for hydroxylation is 1. The number of aliphatic hydroxyl groups excluding tert-OH is 1. The molecule has 5 aromatic heterocycles. The van der Waals surface area contributed by atoms with E-state index in [0.29, 0.717) is 51.6 Å². The van der Waals surface area contributed by atoms with Crippen molar-refractivity contribution < 1.29 is 9.84 Å². The molecule has 0 spiro atoms. The highest BCUT2D eigenvalue weighted by Crippen LogP contribution is 2.37. The number of aliphatic hydroxyl groups is 1. The van der Waals surface area contributed by atoms with Crippen LogP contribution in [0.3, 0.4) is 0 Å². The fourth-order valence-electron chi connectivity index (χ4n) is 7.64. The number of hydrogen-bond acceptors (Lipinski definition) is 10. The first-order valence-electron chi connectivity index (χ1n) is 16.8. The number of piperazine rings is 1. The van der Waals surface area contributed by atoms with Crippen LogP contribution in [0.1, 0.15) is 37.6 Å². The molecule has 0 amide bonds. The Morgan fingerprint density at radius 3 is 2.61 bits per heavy atom. The number of hydrogen-bond donors (Lipinski definition) is 2. The molecule has 0 aromatic carbocycles. The molecule has 8 rings (SSSR count). The van der Waals surface area contributed by atoms with Crippen LogP contribution in [0.25, 0.3) is 22.5 Å². The summed E-state index contributed by atoms with van der Waals surface area (Å²) in [5, 5.41) is 18.5. The molecule has 0 saturated carbocycles. The molecule has 0 unspecified atom stereocenters. The Kier molecular flexibility index (Phi) is 7.65. The molecule has 1 aliphatic carbocycles. The van der Waals surface area contributed by atoms with Crippen LogP contribution in [0.4, 0.5) is 17.2 Å². The van der Waals surface area contributed by atoms with Crippen molar-refractivity contribution >= 4 is 22.7 Å². The molecule has 2 aliphatic heterocycles. The minimum atomic E-state index is -0.377. The number of anilines is 3. The van der Waals surface area contributed by atoms with Gasteiger partial charge in [-0.2, -0.15) is 5.10 Å². The number of ether oxygens (including phenoxy) is 1. The van der Waals surface area contributed by atoms with Gasteiger partial charge in [-0.05, 0) is 66.6 Å². The van der Waals surface area contributed by atoms with Crippen molar-refractivity contribution in [3.8, 4) is 16.9 Å². The summed E-state index contributed by atoms with van der Waals surface area (Å²) in [4.78, 5) is 41.1. The summed E-state index contributed by atoms with van der Waals surface area (Å²) in [6.07, 6.45) is 8.36. The minimum absolute atomic E-state index is 0.130. The summed E-state index contributed by atoms with van der Waals surface area (Å²) in [5.74, 6) is 0.834. The lowest BCUT2D eigenvalue weighted by atomic mass is 9.90. The normalized spacial score (nSPS) is 19.3. The highest BCUT2D eigenvalue weighted by Gasteiger charge is 2.33. The van der Waals surface area contributed by atoms with Crippen LogP contribution < -0.4 is 21.3 Å². The Bertz CT molecular complexity index is 2180. The maximum atomic E-state index is 13.8. The standard InChI is InChI=1S/C36H41N9O4/c1-22-16-42(26-19-49-20-26)9-10-43(22)25-5-6-32(38-15-25)40-29-11-24(17-41(4)34(29)47)27-7-8-37-33(28(27)18-46)44-21-39-45-30(35(44)48)12-23-13-36(2,3)14-31(23)45/h5-8,11-12,15,17,21-22,26,46H,9-10,13-14,16,18-20H2,1-4H3,(H,38,40)/t22-/m0/s1. The van der Waals surface area contributed by atoms with E-state index in [1.807, 2.05) is 24.4 Å². The largest absolute Gasteiger partial charge is 0.392 e. The molecule has 13 heteroatoms. The fraction of sp³-hybridized carbons (Fsp3) is 0.417. The molecular formula is C36H41N9O4. The summed E-state index contributed by atoms with van der Waals surface area (Å²) < 4.78 is 10.0. The number of pyridine rings is 3. The van der Waals surface area contributed by atoms with E-state index in [1.165, 1.54) is 15.5 Å². The second-order valence-electron chi connectivity index (χ2n) is 14.4. The Morgan fingerprint density at radius 2 is 1.90 bits per heavy atom. The highest BCUT2D eigenvalue weighted by atomic mass is 16.5. The number of nitrogens with zero attached hydrogens (tertiary/aromatic N) is 8. The average Bonchev–Trinajstić information content (AvgIpc) is 3.55. The zero-order valence-electron chi connectivity index (χ0n) is 28.3. The van der Waals surface area contributed by atoms with E-state index in [-0.39, 0.29) is 23.1 Å². The van der Waals surface area contributed by atoms with Crippen molar-refractivity contribution in [2.75, 3.05) is 43.1 Å². The van der Waals surface area contributed by atoms with Crippen molar-refractivity contribution in [3.05, 3.63) is 92.8 Å².